The molecule has 5 heteroatoms. The topological polar surface area (TPSA) is 59.2 Å². The van der Waals surface area contributed by atoms with Gasteiger partial charge in [0.2, 0.25) is 11.7 Å². The summed E-state index contributed by atoms with van der Waals surface area (Å²) in [5.74, 6) is 1.16. The molecule has 0 spiro atoms. The number of nitrogens with zero attached hydrogens (tertiary/aromatic N) is 2. The zero-order chi connectivity index (χ0) is 12.1. The lowest BCUT2D eigenvalue weighted by Gasteiger charge is -1.93. The Morgan fingerprint density at radius 2 is 2.06 bits per heavy atom. The first-order valence-electron chi connectivity index (χ1n) is 5.35. The van der Waals surface area contributed by atoms with Gasteiger partial charge in [0.15, 0.2) is 5.05 Å². The summed E-state index contributed by atoms with van der Waals surface area (Å²) in [6.07, 6.45) is 1.82. The molecule has 0 atom stereocenters. The first kappa shape index (κ1) is 11.7. The van der Waals surface area contributed by atoms with Crippen LogP contribution in [0.5, 0.6) is 0 Å². The van der Waals surface area contributed by atoms with Crippen LogP contribution in [0.4, 0.5) is 0 Å². The van der Waals surface area contributed by atoms with Crippen LogP contribution in [0.3, 0.4) is 0 Å². The normalized spacial score (nSPS) is 10.4. The third-order valence-electron chi connectivity index (χ3n) is 2.28. The summed E-state index contributed by atoms with van der Waals surface area (Å²) in [5, 5.41) is 12.8. The minimum absolute atomic E-state index is 0.0211. The van der Waals surface area contributed by atoms with Gasteiger partial charge in [-0.2, -0.15) is 4.98 Å². The van der Waals surface area contributed by atoms with Gasteiger partial charge in [-0.25, -0.2) is 0 Å². The maximum Gasteiger partial charge on any atom is 0.226 e. The zero-order valence-corrected chi connectivity index (χ0v) is 9.98. The van der Waals surface area contributed by atoms with Crippen LogP contribution in [0.1, 0.15) is 18.7 Å². The summed E-state index contributed by atoms with van der Waals surface area (Å²) in [6.45, 7) is 0. The van der Waals surface area contributed by atoms with Gasteiger partial charge in [-0.15, -0.1) is 0 Å². The van der Waals surface area contributed by atoms with E-state index < -0.39 is 0 Å². The number of aryl methyl sites for hydroxylation is 1. The number of aliphatic hydroxyl groups excluding tert-OH is 1. The summed E-state index contributed by atoms with van der Waals surface area (Å²) in [5.41, 5.74) is 0.931. The fraction of sp³-hybridized carbons (Fsp3) is 0.250. The van der Waals surface area contributed by atoms with Crippen molar-refractivity contribution in [3.05, 3.63) is 36.2 Å². The van der Waals surface area contributed by atoms with E-state index in [-0.39, 0.29) is 5.05 Å². The van der Waals surface area contributed by atoms with Gasteiger partial charge in [-0.3, -0.25) is 0 Å². The van der Waals surface area contributed by atoms with Gasteiger partial charge >= 0.3 is 0 Å². The van der Waals surface area contributed by atoms with Gasteiger partial charge in [0, 0.05) is 18.4 Å². The Kier molecular flexibility index (Phi) is 3.82. The molecular weight excluding hydrogens is 236 g/mol. The molecule has 0 unspecified atom stereocenters. The van der Waals surface area contributed by atoms with Crippen LogP contribution in [0.25, 0.3) is 11.4 Å². The third-order valence-corrected chi connectivity index (χ3v) is 2.49. The number of benzene rings is 1. The highest BCUT2D eigenvalue weighted by atomic mass is 32.1. The fourth-order valence-corrected chi connectivity index (χ4v) is 1.60. The van der Waals surface area contributed by atoms with E-state index in [1.165, 1.54) is 0 Å². The highest BCUT2D eigenvalue weighted by molar-refractivity contribution is 7.80. The molecule has 1 heterocycles. The van der Waals surface area contributed by atoms with Crippen molar-refractivity contribution in [1.82, 2.24) is 10.1 Å². The molecule has 0 amide bonds. The lowest BCUT2D eigenvalue weighted by molar-refractivity contribution is 0.376. The number of thiocarbonyl (C=S) groups is 1. The lowest BCUT2D eigenvalue weighted by atomic mass is 10.2. The monoisotopic (exact) mass is 248 g/mol. The Morgan fingerprint density at radius 3 is 2.76 bits per heavy atom. The van der Waals surface area contributed by atoms with Crippen molar-refractivity contribution < 1.29 is 9.63 Å². The number of hydrogen-bond acceptors (Lipinski definition) is 4. The van der Waals surface area contributed by atoms with Gasteiger partial charge in [-0.05, 0) is 18.6 Å². The van der Waals surface area contributed by atoms with Gasteiger partial charge in [0.25, 0.3) is 0 Å². The lowest BCUT2D eigenvalue weighted by Crippen LogP contribution is -1.93. The van der Waals surface area contributed by atoms with Crippen molar-refractivity contribution in [3.8, 4) is 11.4 Å². The molecule has 0 aliphatic heterocycles. The molecule has 0 aliphatic carbocycles. The van der Waals surface area contributed by atoms with Gasteiger partial charge in [0.05, 0.1) is 0 Å². The Hall–Kier alpha value is -1.75. The molecule has 1 aromatic heterocycles. The van der Waals surface area contributed by atoms with Crippen molar-refractivity contribution >= 4 is 17.3 Å². The maximum atomic E-state index is 8.88. The van der Waals surface area contributed by atoms with Crippen LogP contribution in [0.2, 0.25) is 0 Å². The molecule has 0 saturated heterocycles. The Balaban J connectivity index is 1.99. The van der Waals surface area contributed by atoms with E-state index in [0.717, 1.165) is 5.56 Å². The van der Waals surface area contributed by atoms with Crippen molar-refractivity contribution in [2.75, 3.05) is 0 Å². The van der Waals surface area contributed by atoms with E-state index in [1.807, 2.05) is 30.3 Å². The Bertz CT molecular complexity index is 496. The van der Waals surface area contributed by atoms with Crippen LogP contribution in [-0.4, -0.2) is 20.3 Å². The number of rotatable bonds is 5. The summed E-state index contributed by atoms with van der Waals surface area (Å²) in [4.78, 5) is 4.27. The molecule has 88 valence electrons. The third kappa shape index (κ3) is 3.35. The maximum absolute atomic E-state index is 8.88. The molecule has 0 saturated carbocycles. The van der Waals surface area contributed by atoms with E-state index >= 15 is 0 Å². The molecule has 1 aromatic carbocycles. The first-order chi connectivity index (χ1) is 8.25. The van der Waals surface area contributed by atoms with Crippen LogP contribution in [-0.2, 0) is 6.42 Å². The average molecular weight is 248 g/mol. The number of hydrogen-bond donors (Lipinski definition) is 1. The highest BCUT2D eigenvalue weighted by Gasteiger charge is 2.07. The van der Waals surface area contributed by atoms with E-state index in [4.69, 9.17) is 9.63 Å². The zero-order valence-electron chi connectivity index (χ0n) is 9.17. The minimum Gasteiger partial charge on any atom is -0.502 e. The van der Waals surface area contributed by atoms with Gasteiger partial charge in [-0.1, -0.05) is 35.5 Å². The van der Waals surface area contributed by atoms with E-state index in [1.54, 1.807) is 0 Å². The standard InChI is InChI=1S/C12H12N2O2S/c15-11(17)8-4-7-10-13-12(14-16-10)9-5-2-1-3-6-9/h1-3,5-6H,4,7-8H2,(H,15,17). The smallest absolute Gasteiger partial charge is 0.226 e. The molecule has 2 aromatic rings. The Labute approximate surface area is 104 Å². The van der Waals surface area contributed by atoms with Crippen molar-refractivity contribution in [1.29, 1.82) is 0 Å². The van der Waals surface area contributed by atoms with Crippen LogP contribution < -0.4 is 0 Å². The molecule has 0 radical (unpaired) electrons. The molecular formula is C12H12N2O2S. The summed E-state index contributed by atoms with van der Waals surface area (Å²) < 4.78 is 5.11. The van der Waals surface area contributed by atoms with Crippen LogP contribution in [0.15, 0.2) is 34.9 Å². The minimum atomic E-state index is 0.0211. The summed E-state index contributed by atoms with van der Waals surface area (Å²) >= 11 is 4.58. The van der Waals surface area contributed by atoms with Crippen LogP contribution >= 0.6 is 12.2 Å². The molecule has 2 rings (SSSR count). The van der Waals surface area contributed by atoms with Crippen molar-refractivity contribution in [2.24, 2.45) is 0 Å². The summed E-state index contributed by atoms with van der Waals surface area (Å²) in [7, 11) is 0. The second-order valence-electron chi connectivity index (χ2n) is 3.63. The number of aromatic nitrogens is 2. The predicted octanol–water partition coefficient (Wildman–Crippen LogP) is 2.94. The number of aliphatic hydroxyl groups is 1. The molecule has 0 bridgehead atoms. The predicted molar refractivity (Wildman–Crippen MR) is 67.9 cm³/mol. The fourth-order valence-electron chi connectivity index (χ4n) is 1.45. The highest BCUT2D eigenvalue weighted by Crippen LogP contribution is 2.15. The molecule has 0 aliphatic rings. The Morgan fingerprint density at radius 1 is 1.29 bits per heavy atom. The van der Waals surface area contributed by atoms with Crippen LogP contribution in [0, 0.1) is 0 Å². The van der Waals surface area contributed by atoms with Gasteiger partial charge in [0.1, 0.15) is 0 Å². The molecule has 0 fully saturated rings. The van der Waals surface area contributed by atoms with Crippen molar-refractivity contribution in [3.63, 3.8) is 0 Å². The quantitative estimate of drug-likeness (QED) is 0.824. The van der Waals surface area contributed by atoms with E-state index in [0.29, 0.717) is 31.0 Å². The van der Waals surface area contributed by atoms with Gasteiger partial charge < -0.3 is 9.63 Å². The molecule has 1 N–H and O–H groups in total. The second kappa shape index (κ2) is 5.54. The van der Waals surface area contributed by atoms with E-state index in [9.17, 15) is 0 Å². The first-order valence-corrected chi connectivity index (χ1v) is 5.76. The molecule has 17 heavy (non-hydrogen) atoms. The largest absolute Gasteiger partial charge is 0.502 e. The second-order valence-corrected chi connectivity index (χ2v) is 4.10. The molecule has 4 nitrogen and oxygen atoms in total. The van der Waals surface area contributed by atoms with E-state index in [2.05, 4.69) is 22.4 Å². The summed E-state index contributed by atoms with van der Waals surface area (Å²) in [6, 6.07) is 9.65. The van der Waals surface area contributed by atoms with Crippen molar-refractivity contribution in [2.45, 2.75) is 19.3 Å². The average Bonchev–Trinajstić information content (AvgIpc) is 2.78. The SMILES string of the molecule is OC(=S)CCCc1nc(-c2ccccc2)no1.